The van der Waals surface area contributed by atoms with Crippen molar-refractivity contribution in [1.82, 2.24) is 4.90 Å². The third-order valence-electron chi connectivity index (χ3n) is 3.86. The van der Waals surface area contributed by atoms with E-state index in [0.29, 0.717) is 12.8 Å². The maximum absolute atomic E-state index is 12.8. The predicted octanol–water partition coefficient (Wildman–Crippen LogP) is 2.03. The Morgan fingerprint density at radius 1 is 1.35 bits per heavy atom. The first-order valence-electron chi connectivity index (χ1n) is 7.18. The number of rotatable bonds is 3. The standard InChI is InChI=1S/C15H18FN3O4/c1-9-2-3-11(8-19(9)15(21)22)13(17)18-23-14(20)10-4-6-12(16)7-5-10/h4-7,9,11H,2-3,8H2,1H3,(H2,17,18)(H,21,22)/t9-,11+/m0/s1. The minimum absolute atomic E-state index is 0.0682. The van der Waals surface area contributed by atoms with E-state index in [9.17, 15) is 14.0 Å². The third kappa shape index (κ3) is 4.18. The van der Waals surface area contributed by atoms with Crippen LogP contribution >= 0.6 is 0 Å². The van der Waals surface area contributed by atoms with Crippen LogP contribution in [-0.4, -0.2) is 40.5 Å². The fourth-order valence-corrected chi connectivity index (χ4v) is 2.42. The fraction of sp³-hybridized carbons (Fsp3) is 0.400. The van der Waals surface area contributed by atoms with Crippen LogP contribution in [0.1, 0.15) is 30.1 Å². The summed E-state index contributed by atoms with van der Waals surface area (Å²) in [5.41, 5.74) is 5.95. The topological polar surface area (TPSA) is 105 Å². The summed E-state index contributed by atoms with van der Waals surface area (Å²) in [5.74, 6) is -1.45. The molecule has 2 rings (SSSR count). The molecular formula is C15H18FN3O4. The molecule has 3 N–H and O–H groups in total. The number of oxime groups is 1. The van der Waals surface area contributed by atoms with E-state index >= 15 is 0 Å². The summed E-state index contributed by atoms with van der Waals surface area (Å²) in [7, 11) is 0. The second-order valence-corrected chi connectivity index (χ2v) is 5.46. The van der Waals surface area contributed by atoms with Gasteiger partial charge in [-0.2, -0.15) is 0 Å². The lowest BCUT2D eigenvalue weighted by molar-refractivity contribution is 0.0508. The van der Waals surface area contributed by atoms with Gasteiger partial charge in [0.15, 0.2) is 0 Å². The van der Waals surface area contributed by atoms with Crippen molar-refractivity contribution in [1.29, 1.82) is 0 Å². The Labute approximate surface area is 132 Å². The second-order valence-electron chi connectivity index (χ2n) is 5.46. The van der Waals surface area contributed by atoms with Crippen molar-refractivity contribution in [3.8, 4) is 0 Å². The molecule has 1 amide bonds. The van der Waals surface area contributed by atoms with Gasteiger partial charge in [0.2, 0.25) is 0 Å². The van der Waals surface area contributed by atoms with Gasteiger partial charge in [-0.1, -0.05) is 5.16 Å². The first-order valence-corrected chi connectivity index (χ1v) is 7.18. The SMILES string of the molecule is C[C@H]1CC[C@@H](C(N)=NOC(=O)c2ccc(F)cc2)CN1C(=O)O. The van der Waals surface area contributed by atoms with Gasteiger partial charge in [-0.3, -0.25) is 0 Å². The number of hydrogen-bond acceptors (Lipinski definition) is 4. The van der Waals surface area contributed by atoms with Gasteiger partial charge < -0.3 is 20.6 Å². The molecule has 2 atom stereocenters. The van der Waals surface area contributed by atoms with Gasteiger partial charge >= 0.3 is 12.1 Å². The molecule has 1 fully saturated rings. The zero-order valence-electron chi connectivity index (χ0n) is 12.6. The Morgan fingerprint density at radius 3 is 2.61 bits per heavy atom. The largest absolute Gasteiger partial charge is 0.465 e. The van der Waals surface area contributed by atoms with E-state index in [1.165, 1.54) is 17.0 Å². The first-order chi connectivity index (χ1) is 10.9. The Balaban J connectivity index is 1.98. The highest BCUT2D eigenvalue weighted by molar-refractivity contribution is 5.90. The molecule has 0 spiro atoms. The number of carboxylic acid groups (broad SMARTS) is 1. The average molecular weight is 323 g/mol. The van der Waals surface area contributed by atoms with Crippen LogP contribution in [0.3, 0.4) is 0 Å². The number of carbonyl (C=O) groups excluding carboxylic acids is 1. The van der Waals surface area contributed by atoms with Crippen molar-refractivity contribution in [3.63, 3.8) is 0 Å². The number of nitrogens with two attached hydrogens (primary N) is 1. The van der Waals surface area contributed by atoms with Crippen molar-refractivity contribution in [2.24, 2.45) is 16.8 Å². The van der Waals surface area contributed by atoms with Gasteiger partial charge in [-0.05, 0) is 44.0 Å². The smallest absolute Gasteiger partial charge is 0.407 e. The molecule has 8 heteroatoms. The zero-order valence-corrected chi connectivity index (χ0v) is 12.6. The van der Waals surface area contributed by atoms with Crippen molar-refractivity contribution >= 4 is 17.9 Å². The van der Waals surface area contributed by atoms with Crippen LogP contribution < -0.4 is 5.73 Å². The van der Waals surface area contributed by atoms with Crippen LogP contribution in [0.15, 0.2) is 29.4 Å². The third-order valence-corrected chi connectivity index (χ3v) is 3.86. The normalized spacial score (nSPS) is 21.8. The molecule has 0 saturated carbocycles. The number of nitrogens with zero attached hydrogens (tertiary/aromatic N) is 2. The summed E-state index contributed by atoms with van der Waals surface area (Å²) in [6.45, 7) is 2.03. The lowest BCUT2D eigenvalue weighted by atomic mass is 9.93. The molecule has 1 aliphatic rings. The van der Waals surface area contributed by atoms with E-state index in [4.69, 9.17) is 15.7 Å². The lowest BCUT2D eigenvalue weighted by Gasteiger charge is -2.35. The van der Waals surface area contributed by atoms with Crippen molar-refractivity contribution in [3.05, 3.63) is 35.6 Å². The minimum Gasteiger partial charge on any atom is -0.465 e. The van der Waals surface area contributed by atoms with Gasteiger partial charge in [0.25, 0.3) is 0 Å². The van der Waals surface area contributed by atoms with Crippen LogP contribution in [0.25, 0.3) is 0 Å². The molecule has 1 aromatic rings. The molecule has 0 bridgehead atoms. The van der Waals surface area contributed by atoms with E-state index in [1.54, 1.807) is 0 Å². The molecule has 1 heterocycles. The number of likely N-dealkylation sites (tertiary alicyclic amines) is 1. The molecule has 23 heavy (non-hydrogen) atoms. The summed E-state index contributed by atoms with van der Waals surface area (Å²) in [4.78, 5) is 28.9. The molecule has 7 nitrogen and oxygen atoms in total. The van der Waals surface area contributed by atoms with E-state index in [-0.39, 0.29) is 29.9 Å². The number of benzene rings is 1. The number of carbonyl (C=O) groups is 2. The molecule has 1 aromatic carbocycles. The molecule has 0 radical (unpaired) electrons. The van der Waals surface area contributed by atoms with Crippen LogP contribution in [-0.2, 0) is 4.84 Å². The molecular weight excluding hydrogens is 305 g/mol. The Kier molecular flexibility index (Phi) is 5.15. The summed E-state index contributed by atoms with van der Waals surface area (Å²) >= 11 is 0. The van der Waals surface area contributed by atoms with Crippen molar-refractivity contribution in [2.75, 3.05) is 6.54 Å². The molecule has 1 aliphatic heterocycles. The highest BCUT2D eigenvalue weighted by Crippen LogP contribution is 2.22. The highest BCUT2D eigenvalue weighted by Gasteiger charge is 2.31. The number of amidine groups is 1. The van der Waals surface area contributed by atoms with Crippen LogP contribution in [0.4, 0.5) is 9.18 Å². The highest BCUT2D eigenvalue weighted by atomic mass is 19.1. The zero-order chi connectivity index (χ0) is 17.0. The van der Waals surface area contributed by atoms with E-state index < -0.39 is 17.9 Å². The Hall–Kier alpha value is -2.64. The van der Waals surface area contributed by atoms with Crippen LogP contribution in [0.2, 0.25) is 0 Å². The summed E-state index contributed by atoms with van der Waals surface area (Å²) in [5, 5.41) is 12.7. The molecule has 0 unspecified atom stereocenters. The van der Waals surface area contributed by atoms with Crippen LogP contribution in [0.5, 0.6) is 0 Å². The van der Waals surface area contributed by atoms with Gasteiger partial charge in [-0.15, -0.1) is 0 Å². The fourth-order valence-electron chi connectivity index (χ4n) is 2.42. The number of piperidine rings is 1. The van der Waals surface area contributed by atoms with E-state index in [2.05, 4.69) is 5.16 Å². The number of halogens is 1. The van der Waals surface area contributed by atoms with Crippen molar-refractivity contribution < 1.29 is 23.9 Å². The monoisotopic (exact) mass is 323 g/mol. The van der Waals surface area contributed by atoms with Gasteiger partial charge in [0.05, 0.1) is 5.56 Å². The Morgan fingerprint density at radius 2 is 2.00 bits per heavy atom. The second kappa shape index (κ2) is 7.08. The van der Waals surface area contributed by atoms with Crippen LogP contribution in [0, 0.1) is 11.7 Å². The van der Waals surface area contributed by atoms with Gasteiger partial charge in [-0.25, -0.2) is 14.0 Å². The maximum Gasteiger partial charge on any atom is 0.407 e. The Bertz CT molecular complexity index is 618. The summed E-state index contributed by atoms with van der Waals surface area (Å²) in [6, 6.07) is 4.74. The van der Waals surface area contributed by atoms with E-state index in [1.807, 2.05) is 6.92 Å². The summed E-state index contributed by atoms with van der Waals surface area (Å²) < 4.78 is 12.8. The van der Waals surface area contributed by atoms with Gasteiger partial charge in [0, 0.05) is 18.5 Å². The van der Waals surface area contributed by atoms with Gasteiger partial charge in [0.1, 0.15) is 11.7 Å². The number of amides is 1. The molecule has 1 saturated heterocycles. The number of hydrogen-bond donors (Lipinski definition) is 2. The predicted molar refractivity (Wildman–Crippen MR) is 80.4 cm³/mol. The molecule has 0 aromatic heterocycles. The van der Waals surface area contributed by atoms with E-state index in [0.717, 1.165) is 12.1 Å². The molecule has 124 valence electrons. The maximum atomic E-state index is 12.8. The lowest BCUT2D eigenvalue weighted by Crippen LogP contribution is -2.48. The molecule has 0 aliphatic carbocycles. The minimum atomic E-state index is -1.02. The summed E-state index contributed by atoms with van der Waals surface area (Å²) in [6.07, 6.45) is 0.298. The van der Waals surface area contributed by atoms with Crippen molar-refractivity contribution in [2.45, 2.75) is 25.8 Å². The quantitative estimate of drug-likeness (QED) is 0.383. The average Bonchev–Trinajstić information content (AvgIpc) is 2.53. The first kappa shape index (κ1) is 16.7.